The lowest BCUT2D eigenvalue weighted by Crippen LogP contribution is -2.06. The van der Waals surface area contributed by atoms with Gasteiger partial charge in [0.1, 0.15) is 0 Å². The molecule has 18 heavy (non-hydrogen) atoms. The van der Waals surface area contributed by atoms with Crippen LogP contribution >= 0.6 is 0 Å². The number of hydrogen-bond donors (Lipinski definition) is 1. The maximum absolute atomic E-state index is 12.4. The molecule has 0 saturated heterocycles. The first-order chi connectivity index (χ1) is 8.50. The maximum Gasteiger partial charge on any atom is 0.416 e. The fraction of sp³-hybridized carbons (Fsp3) is 0.250. The molecule has 96 valence electrons. The van der Waals surface area contributed by atoms with Crippen LogP contribution < -0.4 is 5.73 Å². The van der Waals surface area contributed by atoms with Gasteiger partial charge in [-0.25, -0.2) is 4.68 Å². The van der Waals surface area contributed by atoms with E-state index in [1.165, 1.54) is 16.8 Å². The third-order valence-electron chi connectivity index (χ3n) is 2.50. The largest absolute Gasteiger partial charge is 0.416 e. The van der Waals surface area contributed by atoms with Gasteiger partial charge in [-0.3, -0.25) is 0 Å². The van der Waals surface area contributed by atoms with Crippen molar-refractivity contribution in [2.24, 2.45) is 5.73 Å². The number of nitrogens with zero attached hydrogens (tertiary/aromatic N) is 2. The molecule has 3 nitrogen and oxygen atoms in total. The molecule has 0 unspecified atom stereocenters. The van der Waals surface area contributed by atoms with Gasteiger partial charge in [-0.1, -0.05) is 0 Å². The highest BCUT2D eigenvalue weighted by Crippen LogP contribution is 2.29. The van der Waals surface area contributed by atoms with Gasteiger partial charge in [0.2, 0.25) is 0 Å². The Labute approximate surface area is 102 Å². The monoisotopic (exact) mass is 255 g/mol. The molecule has 0 aliphatic carbocycles. The predicted octanol–water partition coefficient (Wildman–Crippen LogP) is 2.39. The van der Waals surface area contributed by atoms with E-state index < -0.39 is 11.7 Å². The van der Waals surface area contributed by atoms with E-state index in [2.05, 4.69) is 5.10 Å². The number of rotatable bonds is 3. The summed E-state index contributed by atoms with van der Waals surface area (Å²) in [6, 6.07) is 6.66. The molecule has 1 heterocycles. The van der Waals surface area contributed by atoms with Crippen molar-refractivity contribution in [3.05, 3.63) is 47.8 Å². The summed E-state index contributed by atoms with van der Waals surface area (Å²) in [4.78, 5) is 0. The van der Waals surface area contributed by atoms with Crippen molar-refractivity contribution in [1.82, 2.24) is 9.78 Å². The molecule has 2 aromatic rings. The number of benzene rings is 1. The molecular formula is C12H12F3N3. The molecule has 1 aromatic carbocycles. The van der Waals surface area contributed by atoms with Crippen LogP contribution in [-0.4, -0.2) is 16.3 Å². The molecule has 0 atom stereocenters. The molecule has 0 amide bonds. The summed E-state index contributed by atoms with van der Waals surface area (Å²) in [5, 5.41) is 4.22. The molecule has 6 heteroatoms. The van der Waals surface area contributed by atoms with Crippen molar-refractivity contribution in [3.8, 4) is 5.69 Å². The van der Waals surface area contributed by atoms with Gasteiger partial charge >= 0.3 is 6.18 Å². The highest BCUT2D eigenvalue weighted by atomic mass is 19.4. The summed E-state index contributed by atoms with van der Waals surface area (Å²) in [5.41, 5.74) is 6.14. The molecule has 0 saturated carbocycles. The SMILES string of the molecule is NCCc1ccn(-c2ccc(C(F)(F)F)cc2)n1. The molecule has 0 aliphatic heterocycles. The average molecular weight is 255 g/mol. The molecule has 0 aliphatic rings. The molecule has 0 spiro atoms. The van der Waals surface area contributed by atoms with Gasteiger partial charge in [-0.05, 0) is 36.9 Å². The van der Waals surface area contributed by atoms with Gasteiger partial charge < -0.3 is 5.73 Å². The lowest BCUT2D eigenvalue weighted by Gasteiger charge is -2.07. The Morgan fingerprint density at radius 3 is 2.33 bits per heavy atom. The van der Waals surface area contributed by atoms with Crippen molar-refractivity contribution >= 4 is 0 Å². The van der Waals surface area contributed by atoms with Crippen molar-refractivity contribution in [3.63, 3.8) is 0 Å². The fourth-order valence-electron chi connectivity index (χ4n) is 1.59. The smallest absolute Gasteiger partial charge is 0.330 e. The Balaban J connectivity index is 2.23. The number of halogens is 3. The van der Waals surface area contributed by atoms with E-state index in [0.717, 1.165) is 17.8 Å². The Hall–Kier alpha value is -1.82. The van der Waals surface area contributed by atoms with Crippen LogP contribution in [0.1, 0.15) is 11.3 Å². The number of nitrogens with two attached hydrogens (primary N) is 1. The van der Waals surface area contributed by atoms with Crippen LogP contribution in [0.15, 0.2) is 36.5 Å². The van der Waals surface area contributed by atoms with E-state index in [1.807, 2.05) is 0 Å². The second kappa shape index (κ2) is 4.81. The number of hydrogen-bond acceptors (Lipinski definition) is 2. The van der Waals surface area contributed by atoms with Crippen LogP contribution in [0, 0.1) is 0 Å². The summed E-state index contributed by atoms with van der Waals surface area (Å²) >= 11 is 0. The van der Waals surface area contributed by atoms with Crippen molar-refractivity contribution in [1.29, 1.82) is 0 Å². The predicted molar refractivity (Wildman–Crippen MR) is 61.3 cm³/mol. The normalized spacial score (nSPS) is 11.8. The quantitative estimate of drug-likeness (QED) is 0.915. The first-order valence-electron chi connectivity index (χ1n) is 5.43. The summed E-state index contributed by atoms with van der Waals surface area (Å²) in [5.74, 6) is 0. The molecule has 2 N–H and O–H groups in total. The van der Waals surface area contributed by atoms with Gasteiger partial charge in [0, 0.05) is 12.6 Å². The number of aromatic nitrogens is 2. The zero-order valence-electron chi connectivity index (χ0n) is 9.48. The van der Waals surface area contributed by atoms with Crippen LogP contribution in [0.5, 0.6) is 0 Å². The van der Waals surface area contributed by atoms with Gasteiger partial charge in [-0.2, -0.15) is 18.3 Å². The number of alkyl halides is 3. The van der Waals surface area contributed by atoms with Crippen LogP contribution in [-0.2, 0) is 12.6 Å². The molecule has 2 rings (SSSR count). The van der Waals surface area contributed by atoms with Crippen LogP contribution in [0.3, 0.4) is 0 Å². The van der Waals surface area contributed by atoms with Crippen LogP contribution in [0.4, 0.5) is 13.2 Å². The standard InChI is InChI=1S/C12H12F3N3/c13-12(14,15)9-1-3-11(4-2-9)18-8-6-10(17-18)5-7-16/h1-4,6,8H,5,7,16H2. The Kier molecular flexibility index (Phi) is 3.38. The van der Waals surface area contributed by atoms with Crippen LogP contribution in [0.2, 0.25) is 0 Å². The zero-order valence-corrected chi connectivity index (χ0v) is 9.48. The highest BCUT2D eigenvalue weighted by Gasteiger charge is 2.29. The fourth-order valence-corrected chi connectivity index (χ4v) is 1.59. The van der Waals surface area contributed by atoms with Gasteiger partial charge in [0.05, 0.1) is 16.9 Å². The summed E-state index contributed by atoms with van der Waals surface area (Å²) in [6.45, 7) is 0.490. The van der Waals surface area contributed by atoms with Crippen molar-refractivity contribution < 1.29 is 13.2 Å². The summed E-state index contributed by atoms with van der Waals surface area (Å²) in [6.07, 6.45) is -1.96. The lowest BCUT2D eigenvalue weighted by atomic mass is 10.2. The van der Waals surface area contributed by atoms with Gasteiger partial charge in [0.25, 0.3) is 0 Å². The van der Waals surface area contributed by atoms with Crippen LogP contribution in [0.25, 0.3) is 5.69 Å². The second-order valence-corrected chi connectivity index (χ2v) is 3.83. The molecule has 0 radical (unpaired) electrons. The average Bonchev–Trinajstić information content (AvgIpc) is 2.77. The Morgan fingerprint density at radius 1 is 1.11 bits per heavy atom. The van der Waals surface area contributed by atoms with E-state index in [4.69, 9.17) is 5.73 Å². The minimum absolute atomic E-state index is 0.490. The minimum Gasteiger partial charge on any atom is -0.330 e. The molecule has 0 bridgehead atoms. The summed E-state index contributed by atoms with van der Waals surface area (Å²) < 4.78 is 38.7. The van der Waals surface area contributed by atoms with Crippen molar-refractivity contribution in [2.45, 2.75) is 12.6 Å². The Morgan fingerprint density at radius 2 is 1.78 bits per heavy atom. The Bertz CT molecular complexity index is 514. The molecule has 1 aromatic heterocycles. The zero-order chi connectivity index (χ0) is 13.2. The third-order valence-corrected chi connectivity index (χ3v) is 2.50. The van der Waals surface area contributed by atoms with E-state index in [-0.39, 0.29) is 0 Å². The topological polar surface area (TPSA) is 43.8 Å². The molecular weight excluding hydrogens is 243 g/mol. The minimum atomic E-state index is -4.31. The first-order valence-corrected chi connectivity index (χ1v) is 5.43. The van der Waals surface area contributed by atoms with E-state index in [0.29, 0.717) is 18.7 Å². The van der Waals surface area contributed by atoms with E-state index in [9.17, 15) is 13.2 Å². The lowest BCUT2D eigenvalue weighted by molar-refractivity contribution is -0.137. The van der Waals surface area contributed by atoms with Crippen molar-refractivity contribution in [2.75, 3.05) is 6.54 Å². The van der Waals surface area contributed by atoms with E-state index >= 15 is 0 Å². The first kappa shape index (κ1) is 12.6. The third kappa shape index (κ3) is 2.70. The second-order valence-electron chi connectivity index (χ2n) is 3.83. The van der Waals surface area contributed by atoms with E-state index in [1.54, 1.807) is 12.3 Å². The summed E-state index contributed by atoms with van der Waals surface area (Å²) in [7, 11) is 0. The maximum atomic E-state index is 12.4. The van der Waals surface area contributed by atoms with Gasteiger partial charge in [-0.15, -0.1) is 0 Å². The highest BCUT2D eigenvalue weighted by molar-refractivity contribution is 5.35. The molecule has 0 fully saturated rings. The van der Waals surface area contributed by atoms with Gasteiger partial charge in [0.15, 0.2) is 0 Å².